The van der Waals surface area contributed by atoms with E-state index in [0.717, 1.165) is 18.1 Å². The van der Waals surface area contributed by atoms with Crippen molar-refractivity contribution in [1.29, 1.82) is 0 Å². The molecule has 0 saturated carbocycles. The second-order valence-corrected chi connectivity index (χ2v) is 6.80. The summed E-state index contributed by atoms with van der Waals surface area (Å²) in [5.41, 5.74) is 2.36. The average Bonchev–Trinajstić information content (AvgIpc) is 3.22. The molecule has 144 valence electrons. The third kappa shape index (κ3) is 4.43. The number of carbonyl (C=O) groups excluding carboxylic acids is 2. The predicted octanol–water partition coefficient (Wildman–Crippen LogP) is 4.56. The molecule has 7 heteroatoms. The number of aryl methyl sites for hydroxylation is 1. The molecule has 28 heavy (non-hydrogen) atoms. The van der Waals surface area contributed by atoms with Crippen molar-refractivity contribution < 1.29 is 23.5 Å². The quantitative estimate of drug-likeness (QED) is 0.430. The van der Waals surface area contributed by atoms with Crippen LogP contribution in [-0.4, -0.2) is 30.5 Å². The van der Waals surface area contributed by atoms with E-state index < -0.39 is 24.2 Å². The Labute approximate surface area is 165 Å². The summed E-state index contributed by atoms with van der Waals surface area (Å²) in [4.78, 5) is 28.6. The highest BCUT2D eigenvalue weighted by molar-refractivity contribution is 7.13. The van der Waals surface area contributed by atoms with Crippen molar-refractivity contribution in [3.05, 3.63) is 70.5 Å². The SMILES string of the molecule is CCc1ccc(-c2nc(C(=O)OCC(=O)c3ccc(OC)c(F)c3)cs2)cc1. The van der Waals surface area contributed by atoms with Crippen molar-refractivity contribution in [1.82, 2.24) is 4.98 Å². The molecule has 0 radical (unpaired) electrons. The minimum Gasteiger partial charge on any atom is -0.494 e. The number of nitrogens with zero attached hydrogens (tertiary/aromatic N) is 1. The van der Waals surface area contributed by atoms with Crippen LogP contribution in [-0.2, 0) is 11.2 Å². The first-order valence-electron chi connectivity index (χ1n) is 8.60. The van der Waals surface area contributed by atoms with Crippen molar-refractivity contribution in [2.24, 2.45) is 0 Å². The molecule has 0 saturated heterocycles. The van der Waals surface area contributed by atoms with Crippen LogP contribution in [0.2, 0.25) is 0 Å². The normalized spacial score (nSPS) is 10.5. The van der Waals surface area contributed by atoms with Gasteiger partial charge in [-0.1, -0.05) is 31.2 Å². The van der Waals surface area contributed by atoms with Crippen LogP contribution in [0, 0.1) is 5.82 Å². The lowest BCUT2D eigenvalue weighted by Crippen LogP contribution is -2.14. The van der Waals surface area contributed by atoms with E-state index in [1.165, 1.54) is 36.1 Å². The molecule has 0 spiro atoms. The summed E-state index contributed by atoms with van der Waals surface area (Å²) in [6, 6.07) is 11.8. The van der Waals surface area contributed by atoms with Gasteiger partial charge < -0.3 is 9.47 Å². The molecular weight excluding hydrogens is 381 g/mol. The van der Waals surface area contributed by atoms with Gasteiger partial charge >= 0.3 is 5.97 Å². The highest BCUT2D eigenvalue weighted by Crippen LogP contribution is 2.24. The largest absolute Gasteiger partial charge is 0.494 e. The van der Waals surface area contributed by atoms with Gasteiger partial charge in [0.25, 0.3) is 0 Å². The van der Waals surface area contributed by atoms with Crippen LogP contribution in [0.5, 0.6) is 5.75 Å². The monoisotopic (exact) mass is 399 g/mol. The Morgan fingerprint density at radius 3 is 2.54 bits per heavy atom. The lowest BCUT2D eigenvalue weighted by atomic mass is 10.1. The highest BCUT2D eigenvalue weighted by atomic mass is 32.1. The molecule has 0 aliphatic rings. The van der Waals surface area contributed by atoms with Gasteiger partial charge in [0, 0.05) is 16.5 Å². The molecular formula is C21H18FNO4S. The third-order valence-electron chi connectivity index (χ3n) is 4.13. The van der Waals surface area contributed by atoms with Crippen LogP contribution >= 0.6 is 11.3 Å². The Balaban J connectivity index is 1.62. The van der Waals surface area contributed by atoms with Gasteiger partial charge in [0.15, 0.2) is 29.7 Å². The predicted molar refractivity (Wildman–Crippen MR) is 104 cm³/mol. The van der Waals surface area contributed by atoms with E-state index in [1.807, 2.05) is 24.3 Å². The Kier molecular flexibility index (Phi) is 6.16. The number of ether oxygens (including phenoxy) is 2. The van der Waals surface area contributed by atoms with E-state index in [4.69, 9.17) is 9.47 Å². The maximum atomic E-state index is 13.7. The lowest BCUT2D eigenvalue weighted by Gasteiger charge is -2.05. The van der Waals surface area contributed by atoms with Gasteiger partial charge in [0.2, 0.25) is 0 Å². The zero-order valence-corrected chi connectivity index (χ0v) is 16.2. The topological polar surface area (TPSA) is 65.5 Å². The second kappa shape index (κ2) is 8.75. The number of rotatable bonds is 7. The van der Waals surface area contributed by atoms with E-state index >= 15 is 0 Å². The number of hydrogen-bond donors (Lipinski definition) is 0. The van der Waals surface area contributed by atoms with Crippen LogP contribution in [0.25, 0.3) is 10.6 Å². The number of hydrogen-bond acceptors (Lipinski definition) is 6. The van der Waals surface area contributed by atoms with Crippen molar-refractivity contribution in [2.75, 3.05) is 13.7 Å². The molecule has 0 aliphatic carbocycles. The van der Waals surface area contributed by atoms with Gasteiger partial charge in [0.05, 0.1) is 7.11 Å². The standard InChI is InChI=1S/C21H18FNO4S/c1-3-13-4-6-14(7-5-13)20-23-17(12-28-20)21(25)27-11-18(24)15-8-9-19(26-2)16(22)10-15/h4-10,12H,3,11H2,1-2H3. The molecule has 0 N–H and O–H groups in total. The number of benzene rings is 2. The minimum atomic E-state index is -0.699. The van der Waals surface area contributed by atoms with Crippen molar-refractivity contribution in [2.45, 2.75) is 13.3 Å². The van der Waals surface area contributed by atoms with Crippen molar-refractivity contribution >= 4 is 23.1 Å². The Bertz CT molecular complexity index is 998. The van der Waals surface area contributed by atoms with Crippen LogP contribution in [0.15, 0.2) is 47.8 Å². The van der Waals surface area contributed by atoms with Crippen molar-refractivity contribution in [3.63, 3.8) is 0 Å². The Hall–Kier alpha value is -3.06. The fourth-order valence-electron chi connectivity index (χ4n) is 2.51. The number of methoxy groups -OCH3 is 1. The average molecular weight is 399 g/mol. The summed E-state index contributed by atoms with van der Waals surface area (Å²) < 4.78 is 23.5. The van der Waals surface area contributed by atoms with E-state index in [1.54, 1.807) is 5.38 Å². The molecule has 0 fully saturated rings. The smallest absolute Gasteiger partial charge is 0.358 e. The first-order valence-corrected chi connectivity index (χ1v) is 9.48. The molecule has 0 aliphatic heterocycles. The Morgan fingerprint density at radius 2 is 1.89 bits per heavy atom. The zero-order valence-electron chi connectivity index (χ0n) is 15.4. The number of ketones is 1. The molecule has 3 aromatic rings. The summed E-state index contributed by atoms with van der Waals surface area (Å²) in [5, 5.41) is 2.28. The molecule has 0 unspecified atom stereocenters. The summed E-state index contributed by atoms with van der Waals surface area (Å²) in [5.74, 6) is -1.83. The second-order valence-electron chi connectivity index (χ2n) is 5.94. The first-order chi connectivity index (χ1) is 13.5. The lowest BCUT2D eigenvalue weighted by molar-refractivity contribution is 0.0469. The van der Waals surface area contributed by atoms with Gasteiger partial charge in [0.1, 0.15) is 5.01 Å². The first kappa shape index (κ1) is 19.7. The number of esters is 1. The van der Waals surface area contributed by atoms with Gasteiger partial charge in [-0.25, -0.2) is 14.2 Å². The fourth-order valence-corrected chi connectivity index (χ4v) is 3.31. The van der Waals surface area contributed by atoms with Crippen molar-refractivity contribution in [3.8, 4) is 16.3 Å². The van der Waals surface area contributed by atoms with Crippen LogP contribution < -0.4 is 4.74 Å². The molecule has 3 rings (SSSR count). The van der Waals surface area contributed by atoms with E-state index in [2.05, 4.69) is 11.9 Å². The summed E-state index contributed by atoms with van der Waals surface area (Å²) in [6.07, 6.45) is 0.946. The summed E-state index contributed by atoms with van der Waals surface area (Å²) in [6.45, 7) is 1.58. The van der Waals surface area contributed by atoms with Gasteiger partial charge in [-0.15, -0.1) is 11.3 Å². The molecule has 2 aromatic carbocycles. The summed E-state index contributed by atoms with van der Waals surface area (Å²) in [7, 11) is 1.34. The molecule has 0 amide bonds. The van der Waals surface area contributed by atoms with Gasteiger partial charge in [-0.2, -0.15) is 0 Å². The number of Topliss-reactive ketones (excluding diaryl/α,β-unsaturated/α-hetero) is 1. The highest BCUT2D eigenvalue weighted by Gasteiger charge is 2.17. The maximum Gasteiger partial charge on any atom is 0.358 e. The fraction of sp³-hybridized carbons (Fsp3) is 0.190. The minimum absolute atomic E-state index is 0.0375. The van der Waals surface area contributed by atoms with Gasteiger partial charge in [-0.05, 0) is 30.2 Å². The molecule has 5 nitrogen and oxygen atoms in total. The number of halogens is 1. The van der Waals surface area contributed by atoms with E-state index in [0.29, 0.717) is 5.01 Å². The van der Waals surface area contributed by atoms with Crippen LogP contribution in [0.4, 0.5) is 4.39 Å². The third-order valence-corrected chi connectivity index (χ3v) is 5.02. The maximum absolute atomic E-state index is 13.7. The van der Waals surface area contributed by atoms with Gasteiger partial charge in [-0.3, -0.25) is 4.79 Å². The molecule has 1 heterocycles. The number of thiazole rings is 1. The molecule has 0 atom stereocenters. The Morgan fingerprint density at radius 1 is 1.14 bits per heavy atom. The number of aromatic nitrogens is 1. The number of carbonyl (C=O) groups is 2. The van der Waals surface area contributed by atoms with E-state index in [9.17, 15) is 14.0 Å². The molecule has 1 aromatic heterocycles. The van der Waals surface area contributed by atoms with Crippen LogP contribution in [0.3, 0.4) is 0 Å². The van der Waals surface area contributed by atoms with E-state index in [-0.39, 0.29) is 17.0 Å². The zero-order chi connectivity index (χ0) is 20.1. The molecule has 0 bridgehead atoms. The summed E-state index contributed by atoms with van der Waals surface area (Å²) >= 11 is 1.32. The van der Waals surface area contributed by atoms with Crippen LogP contribution in [0.1, 0.15) is 33.3 Å².